The summed E-state index contributed by atoms with van der Waals surface area (Å²) in [5.74, 6) is 0.846. The molecular weight excluding hydrogens is 479 g/mol. The molecule has 10 nitrogen and oxygen atoms in total. The largest absolute Gasteiger partial charge is 0.441 e. The molecule has 0 radical (unpaired) electrons. The van der Waals surface area contributed by atoms with Gasteiger partial charge < -0.3 is 20.0 Å². The molecule has 1 saturated heterocycles. The van der Waals surface area contributed by atoms with Crippen LogP contribution in [-0.4, -0.2) is 69.1 Å². The number of nitrogens with one attached hydrogen (secondary N) is 3. The maximum atomic E-state index is 13.4. The van der Waals surface area contributed by atoms with Gasteiger partial charge in [-0.3, -0.25) is 15.0 Å². The predicted octanol–water partition coefficient (Wildman–Crippen LogP) is 2.73. The number of rotatable bonds is 4. The number of fused-ring (bicyclic) bond motifs is 3. The smallest absolute Gasteiger partial charge is 0.408 e. The van der Waals surface area contributed by atoms with Gasteiger partial charge in [-0.05, 0) is 31.6 Å². The van der Waals surface area contributed by atoms with Crippen molar-refractivity contribution < 1.29 is 27.2 Å². The second-order valence-electron chi connectivity index (χ2n) is 8.85. The first-order valence-corrected chi connectivity index (χ1v) is 11.4. The Morgan fingerprint density at radius 3 is 2.83 bits per heavy atom. The molecule has 2 aromatic heterocycles. The third-order valence-corrected chi connectivity index (χ3v) is 6.34. The third kappa shape index (κ3) is 4.48. The third-order valence-electron chi connectivity index (χ3n) is 6.34. The van der Waals surface area contributed by atoms with Crippen LogP contribution in [0.2, 0.25) is 0 Å². The van der Waals surface area contributed by atoms with E-state index in [-0.39, 0.29) is 11.9 Å². The van der Waals surface area contributed by atoms with Gasteiger partial charge in [-0.2, -0.15) is 13.2 Å². The number of dihydropyridines is 1. The van der Waals surface area contributed by atoms with Crippen molar-refractivity contribution in [2.24, 2.45) is 0 Å². The lowest BCUT2D eigenvalue weighted by Gasteiger charge is -2.41. The summed E-state index contributed by atoms with van der Waals surface area (Å²) in [4.78, 5) is 37.9. The number of amides is 3. The van der Waals surface area contributed by atoms with E-state index in [1.165, 1.54) is 17.2 Å². The Bertz CT molecular complexity index is 1260. The first kappa shape index (κ1) is 23.7. The number of hydrogen-bond acceptors (Lipinski definition) is 7. The number of pyridine rings is 1. The fourth-order valence-corrected chi connectivity index (χ4v) is 4.46. The number of urea groups is 1. The molecule has 0 spiro atoms. The number of aryl methyl sites for hydroxylation is 1. The van der Waals surface area contributed by atoms with Crippen molar-refractivity contribution in [2.75, 3.05) is 18.4 Å². The highest BCUT2D eigenvalue weighted by atomic mass is 19.4. The molecule has 190 valence electrons. The number of halogens is 3. The van der Waals surface area contributed by atoms with Crippen LogP contribution in [0.5, 0.6) is 0 Å². The molecule has 0 aliphatic carbocycles. The first-order chi connectivity index (χ1) is 17.1. The van der Waals surface area contributed by atoms with Crippen molar-refractivity contribution in [3.8, 4) is 11.3 Å². The highest BCUT2D eigenvalue weighted by Crippen LogP contribution is 2.34. The SMILES string of the molecule is Cc1ncc(-c2ccnc(NC(=O)N3C4=C(C=CC(C(=O)N[C@@H](C)C(F)(F)F)N4)N4CC[C@H]3C4)c2)o1. The average molecular weight is 503 g/mol. The Balaban J connectivity index is 1.35. The van der Waals surface area contributed by atoms with Crippen LogP contribution >= 0.6 is 0 Å². The van der Waals surface area contributed by atoms with Gasteiger partial charge in [-0.25, -0.2) is 14.8 Å². The summed E-state index contributed by atoms with van der Waals surface area (Å²) in [5, 5.41) is 7.72. The van der Waals surface area contributed by atoms with Gasteiger partial charge in [-0.1, -0.05) is 6.08 Å². The summed E-state index contributed by atoms with van der Waals surface area (Å²) in [6.07, 6.45) is 2.41. The highest BCUT2D eigenvalue weighted by molar-refractivity contribution is 5.91. The Morgan fingerprint density at radius 1 is 1.31 bits per heavy atom. The van der Waals surface area contributed by atoms with Crippen LogP contribution in [0.3, 0.4) is 0 Å². The number of allylic oxidation sites excluding steroid dienone is 1. The second-order valence-corrected chi connectivity index (χ2v) is 8.85. The fraction of sp³-hybridized carbons (Fsp3) is 0.391. The van der Waals surface area contributed by atoms with Crippen LogP contribution in [0.25, 0.3) is 11.3 Å². The van der Waals surface area contributed by atoms with Crippen molar-refractivity contribution in [3.63, 3.8) is 0 Å². The Morgan fingerprint density at radius 2 is 2.11 bits per heavy atom. The molecule has 5 rings (SSSR count). The summed E-state index contributed by atoms with van der Waals surface area (Å²) < 4.78 is 44.3. The van der Waals surface area contributed by atoms with Crippen molar-refractivity contribution >= 4 is 17.8 Å². The summed E-state index contributed by atoms with van der Waals surface area (Å²) in [7, 11) is 0. The molecule has 5 heterocycles. The van der Waals surface area contributed by atoms with E-state index < -0.39 is 30.2 Å². The molecule has 1 fully saturated rings. The monoisotopic (exact) mass is 503 g/mol. The van der Waals surface area contributed by atoms with E-state index in [2.05, 4.69) is 25.5 Å². The number of oxazole rings is 1. The standard InChI is InChI=1S/C23H24F3N7O3/c1-12(23(24,25)26)29-21(34)16-3-4-17-20(30-16)33(15-6-8-32(17)11-15)22(35)31-19-9-14(5-7-27-19)18-10-28-13(2)36-18/h3-5,7,9-10,12,15-16,30H,6,8,11H2,1-2H3,(H,29,34)(H,27,31,35)/t12-,15-,16?/m0/s1. The van der Waals surface area contributed by atoms with Crippen LogP contribution in [0, 0.1) is 6.92 Å². The minimum Gasteiger partial charge on any atom is -0.441 e. The molecular formula is C23H24F3N7O3. The van der Waals surface area contributed by atoms with E-state index in [0.717, 1.165) is 6.92 Å². The van der Waals surface area contributed by atoms with Crippen molar-refractivity contribution in [1.29, 1.82) is 0 Å². The fourth-order valence-electron chi connectivity index (χ4n) is 4.46. The Kier molecular flexibility index (Phi) is 5.85. The molecule has 3 aliphatic heterocycles. The van der Waals surface area contributed by atoms with Crippen molar-refractivity contribution in [2.45, 2.75) is 44.6 Å². The number of hydrogen-bond donors (Lipinski definition) is 3. The molecule has 2 bridgehead atoms. The van der Waals surface area contributed by atoms with Crippen molar-refractivity contribution in [3.05, 3.63) is 54.1 Å². The zero-order valence-electron chi connectivity index (χ0n) is 19.5. The topological polar surface area (TPSA) is 116 Å². The minimum atomic E-state index is -4.56. The maximum absolute atomic E-state index is 13.4. The molecule has 2 aromatic rings. The van der Waals surface area contributed by atoms with E-state index in [1.54, 1.807) is 31.3 Å². The van der Waals surface area contributed by atoms with Gasteiger partial charge in [0.1, 0.15) is 23.7 Å². The normalized spacial score (nSPS) is 21.7. The van der Waals surface area contributed by atoms with Gasteiger partial charge >= 0.3 is 12.2 Å². The van der Waals surface area contributed by atoms with Gasteiger partial charge in [0, 0.05) is 31.8 Å². The zero-order valence-corrected chi connectivity index (χ0v) is 19.5. The number of alkyl halides is 3. The van der Waals surface area contributed by atoms with E-state index in [4.69, 9.17) is 4.42 Å². The van der Waals surface area contributed by atoms with Gasteiger partial charge in [-0.15, -0.1) is 0 Å². The van der Waals surface area contributed by atoms with Crippen LogP contribution in [0.4, 0.5) is 23.8 Å². The zero-order chi connectivity index (χ0) is 25.6. The lowest BCUT2D eigenvalue weighted by Crippen LogP contribution is -2.57. The van der Waals surface area contributed by atoms with E-state index in [1.807, 2.05) is 5.32 Å². The average Bonchev–Trinajstić information content (AvgIpc) is 3.45. The molecule has 3 aliphatic rings. The van der Waals surface area contributed by atoms with Gasteiger partial charge in [0.05, 0.1) is 17.9 Å². The van der Waals surface area contributed by atoms with Gasteiger partial charge in [0.2, 0.25) is 5.91 Å². The van der Waals surface area contributed by atoms with E-state index in [0.29, 0.717) is 48.2 Å². The number of carbonyl (C=O) groups is 2. The summed E-state index contributed by atoms with van der Waals surface area (Å²) in [6.45, 7) is 3.91. The Labute approximate surface area is 204 Å². The molecule has 0 saturated carbocycles. The van der Waals surface area contributed by atoms with Crippen molar-refractivity contribution in [1.82, 2.24) is 30.4 Å². The molecule has 3 amide bonds. The highest BCUT2D eigenvalue weighted by Gasteiger charge is 2.43. The van der Waals surface area contributed by atoms with Gasteiger partial charge in [0.25, 0.3) is 0 Å². The first-order valence-electron chi connectivity index (χ1n) is 11.4. The molecule has 1 unspecified atom stereocenters. The number of nitrogens with zero attached hydrogens (tertiary/aromatic N) is 4. The van der Waals surface area contributed by atoms with Crippen LogP contribution in [-0.2, 0) is 4.79 Å². The maximum Gasteiger partial charge on any atom is 0.408 e. The molecule has 3 atom stereocenters. The quantitative estimate of drug-likeness (QED) is 0.588. The van der Waals surface area contributed by atoms with E-state index >= 15 is 0 Å². The van der Waals surface area contributed by atoms with Gasteiger partial charge in [0.15, 0.2) is 11.7 Å². The summed E-state index contributed by atoms with van der Waals surface area (Å²) in [6, 6.07) is -0.351. The lowest BCUT2D eigenvalue weighted by molar-refractivity contribution is -0.158. The number of anilines is 1. The molecule has 3 N–H and O–H groups in total. The van der Waals surface area contributed by atoms with Crippen LogP contribution in [0.15, 0.2) is 52.6 Å². The van der Waals surface area contributed by atoms with Crippen LogP contribution < -0.4 is 16.0 Å². The molecule has 36 heavy (non-hydrogen) atoms. The number of carbonyl (C=O) groups excluding carboxylic acids is 2. The summed E-state index contributed by atoms with van der Waals surface area (Å²) >= 11 is 0. The molecule has 0 aromatic carbocycles. The Hall–Kier alpha value is -4.03. The van der Waals surface area contributed by atoms with Crippen LogP contribution in [0.1, 0.15) is 19.2 Å². The minimum absolute atomic E-state index is 0.180. The number of aromatic nitrogens is 2. The predicted molar refractivity (Wildman–Crippen MR) is 122 cm³/mol. The van der Waals surface area contributed by atoms with E-state index in [9.17, 15) is 22.8 Å². The summed E-state index contributed by atoms with van der Waals surface area (Å²) in [5.41, 5.74) is 1.38. The lowest BCUT2D eigenvalue weighted by atomic mass is 10.1. The second kappa shape index (κ2) is 8.88. The molecule has 13 heteroatoms.